The van der Waals surface area contributed by atoms with Crippen LogP contribution in [0.15, 0.2) is 54.7 Å². The molecule has 1 aromatic carbocycles. The van der Waals surface area contributed by atoms with Crippen molar-refractivity contribution in [2.45, 2.75) is 12.8 Å². The normalized spacial score (nSPS) is 14.6. The number of rotatable bonds is 5. The second-order valence-corrected chi connectivity index (χ2v) is 6.84. The summed E-state index contributed by atoms with van der Waals surface area (Å²) in [6, 6.07) is 12.4. The molecule has 150 valence electrons. The van der Waals surface area contributed by atoms with Gasteiger partial charge in [-0.2, -0.15) is 0 Å². The molecule has 7 nitrogen and oxygen atoms in total. The summed E-state index contributed by atoms with van der Waals surface area (Å²) in [5.41, 5.74) is 1.41. The monoisotopic (exact) mass is 392 g/mol. The molecule has 1 aliphatic heterocycles. The molecule has 0 unspecified atom stereocenters. The zero-order chi connectivity index (χ0) is 20.6. The van der Waals surface area contributed by atoms with Gasteiger partial charge in [-0.15, -0.1) is 0 Å². The molecule has 3 amide bonds. The van der Waals surface area contributed by atoms with E-state index in [1.54, 1.807) is 60.6 Å². The third-order valence-corrected chi connectivity index (χ3v) is 4.91. The minimum absolute atomic E-state index is 0.0532. The molecule has 1 fully saturated rings. The minimum Gasteiger partial charge on any atom is -0.355 e. The van der Waals surface area contributed by atoms with Crippen LogP contribution in [-0.2, 0) is 9.59 Å². The first-order chi connectivity index (χ1) is 14.1. The summed E-state index contributed by atoms with van der Waals surface area (Å²) < 4.78 is 0. The van der Waals surface area contributed by atoms with E-state index in [0.717, 1.165) is 5.56 Å². The molecule has 0 spiro atoms. The Hall–Kier alpha value is -3.48. The lowest BCUT2D eigenvalue weighted by Crippen LogP contribution is -2.40. The van der Waals surface area contributed by atoms with Gasteiger partial charge in [0.15, 0.2) is 0 Å². The van der Waals surface area contributed by atoms with Gasteiger partial charge in [-0.25, -0.2) is 4.98 Å². The Bertz CT molecular complexity index is 886. The Morgan fingerprint density at radius 3 is 2.41 bits per heavy atom. The molecule has 0 radical (unpaired) electrons. The summed E-state index contributed by atoms with van der Waals surface area (Å²) in [5.74, 6) is 0.140. The highest BCUT2D eigenvalue weighted by molar-refractivity contribution is 5.95. The van der Waals surface area contributed by atoms with Crippen molar-refractivity contribution < 1.29 is 14.4 Å². The number of carbonyl (C=O) groups excluding carboxylic acids is 3. The molecule has 3 rings (SSSR count). The summed E-state index contributed by atoms with van der Waals surface area (Å²) in [6.07, 6.45) is 6.15. The molecule has 1 saturated heterocycles. The molecule has 2 N–H and O–H groups in total. The zero-order valence-corrected chi connectivity index (χ0v) is 16.3. The molecule has 7 heteroatoms. The number of nitrogens with zero attached hydrogens (tertiary/aromatic N) is 2. The maximum absolute atomic E-state index is 12.4. The van der Waals surface area contributed by atoms with E-state index >= 15 is 0 Å². The van der Waals surface area contributed by atoms with Gasteiger partial charge in [0.2, 0.25) is 11.8 Å². The number of piperidine rings is 1. The second kappa shape index (κ2) is 9.64. The van der Waals surface area contributed by atoms with E-state index in [1.807, 2.05) is 6.07 Å². The molecule has 1 aromatic heterocycles. The summed E-state index contributed by atoms with van der Waals surface area (Å²) >= 11 is 0. The van der Waals surface area contributed by atoms with E-state index in [1.165, 1.54) is 6.08 Å². The molecule has 0 atom stereocenters. The first-order valence-electron chi connectivity index (χ1n) is 9.58. The summed E-state index contributed by atoms with van der Waals surface area (Å²) in [5, 5.41) is 5.39. The van der Waals surface area contributed by atoms with Gasteiger partial charge in [0.1, 0.15) is 5.82 Å². The van der Waals surface area contributed by atoms with Crippen molar-refractivity contribution in [1.82, 2.24) is 15.2 Å². The van der Waals surface area contributed by atoms with Crippen LogP contribution in [0.3, 0.4) is 0 Å². The van der Waals surface area contributed by atoms with Crippen molar-refractivity contribution in [2.24, 2.45) is 5.92 Å². The van der Waals surface area contributed by atoms with Crippen LogP contribution in [0, 0.1) is 5.92 Å². The molecule has 0 saturated carbocycles. The second-order valence-electron chi connectivity index (χ2n) is 6.84. The van der Waals surface area contributed by atoms with Crippen molar-refractivity contribution in [2.75, 3.05) is 25.5 Å². The lowest BCUT2D eigenvalue weighted by atomic mass is 9.96. The number of hydrogen-bond donors (Lipinski definition) is 2. The van der Waals surface area contributed by atoms with Crippen molar-refractivity contribution in [1.29, 1.82) is 0 Å². The van der Waals surface area contributed by atoms with E-state index in [-0.39, 0.29) is 23.6 Å². The molecule has 0 aliphatic carbocycles. The van der Waals surface area contributed by atoms with Crippen LogP contribution in [0.5, 0.6) is 0 Å². The number of hydrogen-bond acceptors (Lipinski definition) is 4. The fraction of sp³-hybridized carbons (Fsp3) is 0.273. The van der Waals surface area contributed by atoms with Crippen LogP contribution in [0.1, 0.15) is 28.8 Å². The van der Waals surface area contributed by atoms with E-state index in [0.29, 0.717) is 37.3 Å². The number of pyridine rings is 1. The number of nitrogens with one attached hydrogen (secondary N) is 2. The van der Waals surface area contributed by atoms with Gasteiger partial charge in [0.25, 0.3) is 5.91 Å². The highest BCUT2D eigenvalue weighted by Gasteiger charge is 2.26. The first kappa shape index (κ1) is 20.3. The standard InChI is InChI=1S/C22H24N4O3/c1-23-21(28)17-8-5-16(6-9-17)7-10-20(27)26-14-11-18(12-15-26)22(29)25-19-4-2-3-13-24-19/h2-10,13,18H,11-12,14-15H2,1H3,(H,23,28)(H,24,25,29). The molecule has 2 aromatic rings. The number of likely N-dealkylation sites (tertiary alicyclic amines) is 1. The number of benzene rings is 1. The van der Waals surface area contributed by atoms with E-state index < -0.39 is 0 Å². The van der Waals surface area contributed by atoms with Gasteiger partial charge < -0.3 is 15.5 Å². The Balaban J connectivity index is 1.49. The van der Waals surface area contributed by atoms with Crippen molar-refractivity contribution in [3.63, 3.8) is 0 Å². The average molecular weight is 392 g/mol. The summed E-state index contributed by atoms with van der Waals surface area (Å²) in [7, 11) is 1.58. The van der Waals surface area contributed by atoms with Crippen LogP contribution in [0.4, 0.5) is 5.82 Å². The van der Waals surface area contributed by atoms with Gasteiger partial charge in [-0.3, -0.25) is 14.4 Å². The first-order valence-corrected chi connectivity index (χ1v) is 9.58. The van der Waals surface area contributed by atoms with E-state index in [4.69, 9.17) is 0 Å². The predicted octanol–water partition coefficient (Wildman–Crippen LogP) is 2.33. The third kappa shape index (κ3) is 5.51. The van der Waals surface area contributed by atoms with Gasteiger partial charge in [-0.1, -0.05) is 18.2 Å². The Morgan fingerprint density at radius 1 is 1.07 bits per heavy atom. The van der Waals surface area contributed by atoms with Crippen LogP contribution in [-0.4, -0.2) is 47.7 Å². The van der Waals surface area contributed by atoms with E-state index in [2.05, 4.69) is 15.6 Å². The highest BCUT2D eigenvalue weighted by atomic mass is 16.2. The maximum atomic E-state index is 12.4. The number of aromatic nitrogens is 1. The van der Waals surface area contributed by atoms with Crippen LogP contribution >= 0.6 is 0 Å². The number of amides is 3. The third-order valence-electron chi connectivity index (χ3n) is 4.91. The Labute approximate surface area is 169 Å². The maximum Gasteiger partial charge on any atom is 0.251 e. The van der Waals surface area contributed by atoms with Crippen molar-refractivity contribution in [3.05, 3.63) is 65.9 Å². The molecular formula is C22H24N4O3. The minimum atomic E-state index is -0.147. The quantitative estimate of drug-likeness (QED) is 0.764. The fourth-order valence-corrected chi connectivity index (χ4v) is 3.19. The molecule has 2 heterocycles. The predicted molar refractivity (Wildman–Crippen MR) is 111 cm³/mol. The van der Waals surface area contributed by atoms with Crippen LogP contribution in [0.2, 0.25) is 0 Å². The lowest BCUT2D eigenvalue weighted by molar-refractivity contribution is -0.130. The van der Waals surface area contributed by atoms with Gasteiger partial charge in [-0.05, 0) is 48.7 Å². The van der Waals surface area contributed by atoms with E-state index in [9.17, 15) is 14.4 Å². The summed E-state index contributed by atoms with van der Waals surface area (Å²) in [4.78, 5) is 42.2. The van der Waals surface area contributed by atoms with Gasteiger partial charge >= 0.3 is 0 Å². The highest BCUT2D eigenvalue weighted by Crippen LogP contribution is 2.19. The Kier molecular flexibility index (Phi) is 6.73. The van der Waals surface area contributed by atoms with Gasteiger partial charge in [0.05, 0.1) is 0 Å². The average Bonchev–Trinajstić information content (AvgIpc) is 2.78. The van der Waals surface area contributed by atoms with Crippen molar-refractivity contribution in [3.8, 4) is 0 Å². The van der Waals surface area contributed by atoms with Crippen LogP contribution < -0.4 is 10.6 Å². The van der Waals surface area contributed by atoms with Crippen molar-refractivity contribution >= 4 is 29.6 Å². The Morgan fingerprint density at radius 2 is 1.79 bits per heavy atom. The molecule has 1 aliphatic rings. The number of carbonyl (C=O) groups is 3. The lowest BCUT2D eigenvalue weighted by Gasteiger charge is -2.30. The zero-order valence-electron chi connectivity index (χ0n) is 16.3. The smallest absolute Gasteiger partial charge is 0.251 e. The largest absolute Gasteiger partial charge is 0.355 e. The fourth-order valence-electron chi connectivity index (χ4n) is 3.19. The molecular weight excluding hydrogens is 368 g/mol. The summed E-state index contributed by atoms with van der Waals surface area (Å²) in [6.45, 7) is 1.08. The topological polar surface area (TPSA) is 91.4 Å². The number of anilines is 1. The SMILES string of the molecule is CNC(=O)c1ccc(C=CC(=O)N2CCC(C(=O)Nc3ccccn3)CC2)cc1. The van der Waals surface area contributed by atoms with Gasteiger partial charge in [0, 0.05) is 43.9 Å². The molecule has 0 bridgehead atoms. The van der Waals surface area contributed by atoms with Crippen LogP contribution in [0.25, 0.3) is 6.08 Å². The molecule has 29 heavy (non-hydrogen) atoms.